The van der Waals surface area contributed by atoms with Crippen LogP contribution in [-0.4, -0.2) is 89.3 Å². The third-order valence-corrected chi connectivity index (χ3v) is 9.50. The molecule has 4 atom stereocenters. The molecule has 3 aromatic rings. The summed E-state index contributed by atoms with van der Waals surface area (Å²) in [5, 5.41) is 3.03. The molecule has 1 saturated carbocycles. The Balaban J connectivity index is 1.31. The van der Waals surface area contributed by atoms with Gasteiger partial charge >= 0.3 is 18.0 Å². The number of aromatic nitrogens is 2. The number of amides is 3. The lowest BCUT2D eigenvalue weighted by Crippen LogP contribution is -2.55. The van der Waals surface area contributed by atoms with Gasteiger partial charge in [0.15, 0.2) is 0 Å². The maximum atomic E-state index is 14.5. The highest BCUT2D eigenvalue weighted by molar-refractivity contribution is 5.95. The van der Waals surface area contributed by atoms with Gasteiger partial charge < -0.3 is 34.1 Å². The van der Waals surface area contributed by atoms with Crippen LogP contribution in [0.3, 0.4) is 0 Å². The lowest BCUT2D eigenvalue weighted by atomic mass is 10.1. The van der Waals surface area contributed by atoms with Gasteiger partial charge in [-0.25, -0.2) is 9.59 Å². The zero-order valence-electron chi connectivity index (χ0n) is 28.9. The molecule has 1 saturated heterocycles. The largest absolute Gasteiger partial charge is 0.497 e. The summed E-state index contributed by atoms with van der Waals surface area (Å²) in [6.07, 6.45) is 7.70. The first-order chi connectivity index (χ1) is 24.3. The summed E-state index contributed by atoms with van der Waals surface area (Å²) in [5.74, 6) is -0.0600. The number of urea groups is 1. The third kappa shape index (κ3) is 7.85. The van der Waals surface area contributed by atoms with Crippen molar-refractivity contribution in [2.45, 2.75) is 69.7 Å². The van der Waals surface area contributed by atoms with Crippen molar-refractivity contribution in [1.82, 2.24) is 25.1 Å². The number of carbonyl (C=O) groups excluding carboxylic acids is 3. The first kappa shape index (κ1) is 34.7. The molecule has 264 valence electrons. The number of nitrogens with zero attached hydrogens (tertiary/aromatic N) is 4. The molecule has 2 fully saturated rings. The molecule has 1 N–H and O–H groups in total. The van der Waals surface area contributed by atoms with Crippen LogP contribution >= 0.6 is 0 Å². The van der Waals surface area contributed by atoms with E-state index in [1.807, 2.05) is 60.7 Å². The first-order valence-corrected chi connectivity index (χ1v) is 17.3. The summed E-state index contributed by atoms with van der Waals surface area (Å²) in [6.45, 7) is 2.96. The lowest BCUT2D eigenvalue weighted by molar-refractivity contribution is -0.149. The van der Waals surface area contributed by atoms with Gasteiger partial charge in [0, 0.05) is 37.1 Å². The molecule has 3 aliphatic rings. The molecule has 2 aromatic carbocycles. The standard InChI is InChI=1S/C38H45N5O7/c1-4-49-35(45)38-23-28(38)15-11-6-5-7-12-20-42(24-26-16-18-29(47-2)19-17-26)37(46)43-25-30(21-32(43)34(44)41-38)50-33-22-31(39-36(40-33)48-3)27-13-9-8-10-14-27/h8-11,13-19,22,28,30,32H,4-7,12,20-21,23-25H2,1-3H3,(H,41,44)/t28-,30-,32+,38-/m1/s1. The molecule has 0 radical (unpaired) electrons. The van der Waals surface area contributed by atoms with Gasteiger partial charge in [-0.1, -0.05) is 61.0 Å². The highest BCUT2D eigenvalue weighted by Crippen LogP contribution is 2.46. The molecule has 1 aliphatic carbocycles. The van der Waals surface area contributed by atoms with Crippen molar-refractivity contribution in [3.63, 3.8) is 0 Å². The van der Waals surface area contributed by atoms with Crippen LogP contribution in [0.25, 0.3) is 11.3 Å². The van der Waals surface area contributed by atoms with Gasteiger partial charge in [-0.15, -0.1) is 0 Å². The van der Waals surface area contributed by atoms with Crippen molar-refractivity contribution in [2.24, 2.45) is 5.92 Å². The van der Waals surface area contributed by atoms with Crippen molar-refractivity contribution < 1.29 is 33.3 Å². The van der Waals surface area contributed by atoms with Crippen molar-refractivity contribution in [1.29, 1.82) is 0 Å². The summed E-state index contributed by atoms with van der Waals surface area (Å²) in [7, 11) is 3.10. The van der Waals surface area contributed by atoms with Gasteiger partial charge in [-0.2, -0.15) is 9.97 Å². The molecular weight excluding hydrogens is 638 g/mol. The van der Waals surface area contributed by atoms with Crippen LogP contribution < -0.4 is 19.5 Å². The van der Waals surface area contributed by atoms with Crippen molar-refractivity contribution in [3.05, 3.63) is 78.4 Å². The number of nitrogens with one attached hydrogen (secondary N) is 1. The summed E-state index contributed by atoms with van der Waals surface area (Å²) in [5.41, 5.74) is 1.25. The number of methoxy groups -OCH3 is 2. The average Bonchev–Trinajstić information content (AvgIpc) is 3.67. The summed E-state index contributed by atoms with van der Waals surface area (Å²) < 4.78 is 22.6. The van der Waals surface area contributed by atoms with Crippen LogP contribution in [0, 0.1) is 5.92 Å². The third-order valence-electron chi connectivity index (χ3n) is 9.50. The van der Waals surface area contributed by atoms with Crippen LogP contribution in [0.2, 0.25) is 0 Å². The minimum Gasteiger partial charge on any atom is -0.497 e. The number of hydrogen-bond donors (Lipinski definition) is 1. The topological polar surface area (TPSA) is 132 Å². The monoisotopic (exact) mass is 683 g/mol. The Morgan fingerprint density at radius 2 is 1.80 bits per heavy atom. The van der Waals surface area contributed by atoms with Crippen LogP contribution in [0.4, 0.5) is 4.79 Å². The van der Waals surface area contributed by atoms with Gasteiger partial charge in [0.1, 0.15) is 23.4 Å². The van der Waals surface area contributed by atoms with E-state index in [1.165, 1.54) is 7.11 Å². The quantitative estimate of drug-likeness (QED) is 0.240. The van der Waals surface area contributed by atoms with E-state index in [0.29, 0.717) is 25.2 Å². The molecule has 12 heteroatoms. The highest BCUT2D eigenvalue weighted by Gasteiger charge is 2.62. The Labute approximate surface area is 292 Å². The van der Waals surface area contributed by atoms with E-state index >= 15 is 0 Å². The fourth-order valence-corrected chi connectivity index (χ4v) is 6.72. The number of esters is 1. The summed E-state index contributed by atoms with van der Waals surface area (Å²) in [4.78, 5) is 54.3. The van der Waals surface area contributed by atoms with Crippen LogP contribution in [0.1, 0.15) is 51.0 Å². The Bertz CT molecular complexity index is 1680. The van der Waals surface area contributed by atoms with Crippen molar-refractivity contribution in [2.75, 3.05) is 33.9 Å². The average molecular weight is 684 g/mol. The van der Waals surface area contributed by atoms with Gasteiger partial charge in [-0.3, -0.25) is 4.79 Å². The molecule has 12 nitrogen and oxygen atoms in total. The predicted molar refractivity (Wildman–Crippen MR) is 186 cm³/mol. The number of fused-ring (bicyclic) bond motifs is 2. The van der Waals surface area contributed by atoms with E-state index in [4.69, 9.17) is 18.9 Å². The summed E-state index contributed by atoms with van der Waals surface area (Å²) >= 11 is 0. The fraction of sp³-hybridized carbons (Fsp3) is 0.447. The number of carbonyl (C=O) groups is 3. The molecule has 1 aromatic heterocycles. The van der Waals surface area contributed by atoms with E-state index < -0.39 is 29.6 Å². The Morgan fingerprint density at radius 1 is 1.00 bits per heavy atom. The molecule has 3 amide bonds. The minimum atomic E-state index is -1.16. The second-order valence-corrected chi connectivity index (χ2v) is 12.9. The number of hydrogen-bond acceptors (Lipinski definition) is 9. The second-order valence-electron chi connectivity index (χ2n) is 12.9. The molecule has 0 bridgehead atoms. The number of allylic oxidation sites excluding steroid dienone is 1. The van der Waals surface area contributed by atoms with E-state index in [1.54, 1.807) is 29.9 Å². The smallest absolute Gasteiger partial charge is 0.332 e. The van der Waals surface area contributed by atoms with E-state index in [9.17, 15) is 14.4 Å². The van der Waals surface area contributed by atoms with Crippen LogP contribution in [0.15, 0.2) is 72.8 Å². The van der Waals surface area contributed by atoms with Gasteiger partial charge in [0.25, 0.3) is 0 Å². The van der Waals surface area contributed by atoms with Crippen molar-refractivity contribution >= 4 is 17.9 Å². The SMILES string of the molecule is CCOC(=O)[C@@]12C[C@H]1C=CCCCCCN(Cc1ccc(OC)cc1)C(=O)N1C[C@H](Oc3cc(-c4ccccc4)nc(OC)n3)C[C@H]1C(=O)N2. The van der Waals surface area contributed by atoms with E-state index in [2.05, 4.69) is 21.4 Å². The van der Waals surface area contributed by atoms with Crippen LogP contribution in [-0.2, 0) is 20.9 Å². The molecule has 50 heavy (non-hydrogen) atoms. The fourth-order valence-electron chi connectivity index (χ4n) is 6.72. The van der Waals surface area contributed by atoms with E-state index in [-0.39, 0.29) is 43.4 Å². The molecule has 6 rings (SSSR count). The highest BCUT2D eigenvalue weighted by atomic mass is 16.5. The zero-order valence-corrected chi connectivity index (χ0v) is 28.9. The molecule has 0 unspecified atom stereocenters. The van der Waals surface area contributed by atoms with Crippen molar-refractivity contribution in [3.8, 4) is 28.9 Å². The predicted octanol–water partition coefficient (Wildman–Crippen LogP) is 5.17. The molecular formula is C38H45N5O7. The van der Waals surface area contributed by atoms with Gasteiger partial charge in [0.05, 0.1) is 33.1 Å². The minimum absolute atomic E-state index is 0.137. The number of rotatable bonds is 9. The Morgan fingerprint density at radius 3 is 2.54 bits per heavy atom. The molecule has 3 heterocycles. The molecule has 2 aliphatic heterocycles. The molecule has 0 spiro atoms. The maximum Gasteiger partial charge on any atom is 0.332 e. The van der Waals surface area contributed by atoms with Crippen LogP contribution in [0.5, 0.6) is 17.6 Å². The Hall–Kier alpha value is -5.13. The van der Waals surface area contributed by atoms with Gasteiger partial charge in [0.2, 0.25) is 11.8 Å². The Kier molecular flexibility index (Phi) is 10.8. The zero-order chi connectivity index (χ0) is 35.1. The maximum absolute atomic E-state index is 14.5. The number of benzene rings is 2. The summed E-state index contributed by atoms with van der Waals surface area (Å²) in [6, 6.07) is 17.9. The normalized spacial score (nSPS) is 23.9. The second kappa shape index (κ2) is 15.6. The first-order valence-electron chi connectivity index (χ1n) is 17.3. The van der Waals surface area contributed by atoms with E-state index in [0.717, 1.165) is 42.6 Å². The van der Waals surface area contributed by atoms with Gasteiger partial charge in [-0.05, 0) is 50.3 Å². The lowest BCUT2D eigenvalue weighted by Gasteiger charge is -2.32. The number of ether oxygens (including phenoxy) is 4.